The molecule has 2 aliphatic rings. The summed E-state index contributed by atoms with van der Waals surface area (Å²) in [7, 11) is 0. The number of hydrogen-bond donors (Lipinski definition) is 0. The molecule has 1 saturated carbocycles. The van der Waals surface area contributed by atoms with E-state index in [1.54, 1.807) is 0 Å². The average molecular weight is 535 g/mol. The first-order chi connectivity index (χ1) is 17.1. The van der Waals surface area contributed by atoms with E-state index >= 15 is 0 Å². The van der Waals surface area contributed by atoms with Crippen molar-refractivity contribution in [1.82, 2.24) is 19.7 Å². The summed E-state index contributed by atoms with van der Waals surface area (Å²) in [5, 5.41) is 4.26. The largest absolute Gasteiger partial charge is 0.433 e. The van der Waals surface area contributed by atoms with Crippen molar-refractivity contribution in [3.05, 3.63) is 64.9 Å². The van der Waals surface area contributed by atoms with Gasteiger partial charge in [-0.3, -0.25) is 0 Å². The molecule has 1 aromatic carbocycles. The van der Waals surface area contributed by atoms with Gasteiger partial charge < -0.3 is 4.90 Å². The monoisotopic (exact) mass is 535 g/mol. The summed E-state index contributed by atoms with van der Waals surface area (Å²) in [5.74, 6) is -0.214. The highest BCUT2D eigenvalue weighted by molar-refractivity contribution is 5.50. The number of pyridine rings is 1. The third-order valence-corrected chi connectivity index (χ3v) is 6.72. The van der Waals surface area contributed by atoms with E-state index in [9.17, 15) is 39.5 Å². The maximum Gasteiger partial charge on any atom is 0.433 e. The summed E-state index contributed by atoms with van der Waals surface area (Å²) in [5.41, 5.74) is -3.81. The first-order valence-electron chi connectivity index (χ1n) is 11.2. The quantitative estimate of drug-likeness (QED) is 0.348. The van der Waals surface area contributed by atoms with Gasteiger partial charge in [-0.2, -0.15) is 44.6 Å². The van der Waals surface area contributed by atoms with Crippen LogP contribution in [0.25, 0.3) is 5.69 Å². The number of hydrogen-bond acceptors (Lipinski definition) is 4. The van der Waals surface area contributed by atoms with E-state index in [1.807, 2.05) is 0 Å². The second-order valence-electron chi connectivity index (χ2n) is 9.15. The molecule has 198 valence electrons. The number of fused-ring (bicyclic) bond motifs is 2. The summed E-state index contributed by atoms with van der Waals surface area (Å²) < 4.78 is 121. The molecular formula is C23H18F9N5. The zero-order chi connectivity index (χ0) is 26.9. The summed E-state index contributed by atoms with van der Waals surface area (Å²) >= 11 is 0. The van der Waals surface area contributed by atoms with E-state index in [-0.39, 0.29) is 35.4 Å². The van der Waals surface area contributed by atoms with Gasteiger partial charge in [0.05, 0.1) is 22.9 Å². The predicted molar refractivity (Wildman–Crippen MR) is 112 cm³/mol. The van der Waals surface area contributed by atoms with Gasteiger partial charge in [0.2, 0.25) is 0 Å². The summed E-state index contributed by atoms with van der Waals surface area (Å²) in [6, 6.07) is 3.49. The van der Waals surface area contributed by atoms with Crippen LogP contribution in [0, 0.1) is 12.8 Å². The Balaban J connectivity index is 1.62. The van der Waals surface area contributed by atoms with Crippen molar-refractivity contribution in [1.29, 1.82) is 0 Å². The van der Waals surface area contributed by atoms with Crippen LogP contribution in [0.3, 0.4) is 0 Å². The zero-order valence-corrected chi connectivity index (χ0v) is 19.0. The number of piperidine rings is 1. The third kappa shape index (κ3) is 4.61. The first-order valence-corrected chi connectivity index (χ1v) is 11.2. The van der Waals surface area contributed by atoms with Crippen LogP contribution in [-0.4, -0.2) is 25.8 Å². The van der Waals surface area contributed by atoms with Crippen molar-refractivity contribution in [2.45, 2.75) is 56.8 Å². The fourth-order valence-corrected chi connectivity index (χ4v) is 5.21. The van der Waals surface area contributed by atoms with Crippen LogP contribution in [0.5, 0.6) is 0 Å². The Labute approximate surface area is 203 Å². The Hall–Kier alpha value is -3.32. The number of rotatable bonds is 3. The fraction of sp³-hybridized carbons (Fsp3) is 0.435. The molecule has 2 aromatic heterocycles. The van der Waals surface area contributed by atoms with E-state index < -0.39 is 47.2 Å². The van der Waals surface area contributed by atoms with Crippen molar-refractivity contribution in [3.63, 3.8) is 0 Å². The van der Waals surface area contributed by atoms with Crippen LogP contribution >= 0.6 is 0 Å². The molecule has 1 saturated heterocycles. The van der Waals surface area contributed by atoms with Crippen molar-refractivity contribution in [3.8, 4) is 5.69 Å². The van der Waals surface area contributed by atoms with Gasteiger partial charge in [-0.25, -0.2) is 14.6 Å². The Bertz CT molecular complexity index is 1280. The molecule has 2 fully saturated rings. The maximum absolute atomic E-state index is 13.5. The minimum Gasteiger partial charge on any atom is -0.343 e. The Morgan fingerprint density at radius 1 is 0.784 bits per heavy atom. The van der Waals surface area contributed by atoms with Crippen LogP contribution in [0.15, 0.2) is 36.4 Å². The molecule has 0 unspecified atom stereocenters. The van der Waals surface area contributed by atoms with E-state index in [1.165, 1.54) is 28.6 Å². The number of aromatic nitrogens is 4. The normalized spacial score (nSPS) is 22.2. The number of aryl methyl sites for hydroxylation is 1. The second-order valence-corrected chi connectivity index (χ2v) is 9.15. The fourth-order valence-electron chi connectivity index (χ4n) is 5.21. The zero-order valence-electron chi connectivity index (χ0n) is 19.0. The molecule has 3 heterocycles. The van der Waals surface area contributed by atoms with Gasteiger partial charge in [0.1, 0.15) is 17.3 Å². The van der Waals surface area contributed by atoms with Gasteiger partial charge in [-0.15, -0.1) is 0 Å². The molecule has 5 nitrogen and oxygen atoms in total. The molecule has 5 rings (SSSR count). The smallest absolute Gasteiger partial charge is 0.343 e. The topological polar surface area (TPSA) is 46.8 Å². The molecule has 0 spiro atoms. The predicted octanol–water partition coefficient (Wildman–Crippen LogP) is 6.76. The van der Waals surface area contributed by atoms with Crippen molar-refractivity contribution < 1.29 is 39.5 Å². The van der Waals surface area contributed by atoms with Crippen LogP contribution in [0.2, 0.25) is 0 Å². The SMILES string of the molecule is Cc1nc([C@@H]2[C@H]3CC[C@H](C3)N2c2cc(C(F)(F)F)cc(C(F)(F)F)n2)n(-c2ccc(C(F)(F)F)cc2)n1. The number of alkyl halides is 9. The number of nitrogens with zero attached hydrogens (tertiary/aromatic N) is 5. The number of anilines is 1. The Morgan fingerprint density at radius 2 is 1.43 bits per heavy atom. The van der Waals surface area contributed by atoms with Crippen molar-refractivity contribution >= 4 is 5.82 Å². The minimum absolute atomic E-state index is 0.0261. The van der Waals surface area contributed by atoms with E-state index in [4.69, 9.17) is 0 Å². The van der Waals surface area contributed by atoms with E-state index in [2.05, 4.69) is 15.1 Å². The molecule has 0 radical (unpaired) electrons. The molecule has 3 atom stereocenters. The van der Waals surface area contributed by atoms with Crippen LogP contribution in [-0.2, 0) is 18.5 Å². The third-order valence-electron chi connectivity index (χ3n) is 6.72. The lowest BCUT2D eigenvalue weighted by Gasteiger charge is -2.36. The molecular weight excluding hydrogens is 517 g/mol. The standard InChI is InChI=1S/C23H18F9N5/c1-11-33-20(37(35-11)15-6-3-13(4-7-15)21(24,25)26)19-12-2-5-16(8-12)36(19)18-10-14(22(27,28)29)9-17(34-18)23(30,31)32/h3-4,6-7,9-10,12,16,19H,2,5,8H2,1H3/t12-,16+,19-/m0/s1. The number of benzene rings is 1. The number of halogens is 9. The van der Waals surface area contributed by atoms with Gasteiger partial charge in [0, 0.05) is 6.04 Å². The van der Waals surface area contributed by atoms with Gasteiger partial charge in [-0.05, 0) is 68.5 Å². The molecule has 1 aliphatic heterocycles. The minimum atomic E-state index is -5.11. The maximum atomic E-state index is 13.5. The van der Waals surface area contributed by atoms with Crippen molar-refractivity contribution in [2.24, 2.45) is 5.92 Å². The van der Waals surface area contributed by atoms with Gasteiger partial charge in [0.15, 0.2) is 5.82 Å². The Kier molecular flexibility index (Phi) is 5.72. The van der Waals surface area contributed by atoms with Gasteiger partial charge in [0.25, 0.3) is 0 Å². The second kappa shape index (κ2) is 8.35. The molecule has 0 amide bonds. The van der Waals surface area contributed by atoms with E-state index in [0.717, 1.165) is 12.1 Å². The Morgan fingerprint density at radius 3 is 2.03 bits per heavy atom. The lowest BCUT2D eigenvalue weighted by molar-refractivity contribution is -0.145. The summed E-state index contributed by atoms with van der Waals surface area (Å²) in [6.45, 7) is 1.53. The highest BCUT2D eigenvalue weighted by Gasteiger charge is 2.50. The highest BCUT2D eigenvalue weighted by atomic mass is 19.4. The van der Waals surface area contributed by atoms with Gasteiger partial charge in [-0.1, -0.05) is 0 Å². The summed E-state index contributed by atoms with van der Waals surface area (Å²) in [6.07, 6.45) is -13.0. The average Bonchev–Trinajstić information content (AvgIpc) is 3.51. The highest BCUT2D eigenvalue weighted by Crippen LogP contribution is 2.52. The first kappa shape index (κ1) is 25.3. The van der Waals surface area contributed by atoms with Crippen LogP contribution < -0.4 is 4.90 Å². The van der Waals surface area contributed by atoms with Crippen LogP contribution in [0.1, 0.15) is 53.8 Å². The molecule has 1 aliphatic carbocycles. The molecule has 3 aromatic rings. The van der Waals surface area contributed by atoms with E-state index in [0.29, 0.717) is 25.3 Å². The lowest BCUT2D eigenvalue weighted by atomic mass is 9.97. The molecule has 14 heteroatoms. The molecule has 0 N–H and O–H groups in total. The lowest BCUT2D eigenvalue weighted by Crippen LogP contribution is -2.37. The molecule has 37 heavy (non-hydrogen) atoms. The summed E-state index contributed by atoms with van der Waals surface area (Å²) in [4.78, 5) is 9.37. The van der Waals surface area contributed by atoms with Crippen molar-refractivity contribution in [2.75, 3.05) is 4.90 Å². The van der Waals surface area contributed by atoms with Crippen LogP contribution in [0.4, 0.5) is 45.3 Å². The molecule has 2 bridgehead atoms. The van der Waals surface area contributed by atoms with Gasteiger partial charge >= 0.3 is 18.5 Å².